The smallest absolute Gasteiger partial charge is 0.251 e. The Balaban J connectivity index is 1.99. The fraction of sp³-hybridized carbons (Fsp3) is 0.667. The first kappa shape index (κ1) is 22.8. The molecule has 1 aromatic carbocycles. The second kappa shape index (κ2) is 9.85. The summed E-state index contributed by atoms with van der Waals surface area (Å²) in [6, 6.07) is 6.27. The van der Waals surface area contributed by atoms with Gasteiger partial charge in [-0.3, -0.25) is 4.79 Å². The molecule has 1 aliphatic rings. The number of sulfonamides is 1. The van der Waals surface area contributed by atoms with E-state index in [-0.39, 0.29) is 29.1 Å². The number of amides is 1. The van der Waals surface area contributed by atoms with Crippen LogP contribution in [-0.4, -0.2) is 50.0 Å². The summed E-state index contributed by atoms with van der Waals surface area (Å²) in [5.41, 5.74) is 0.471. The van der Waals surface area contributed by atoms with E-state index in [0.717, 1.165) is 19.3 Å². The molecule has 1 aromatic rings. The number of carbonyl (C=O) groups excluding carboxylic acids is 1. The monoisotopic (exact) mass is 410 g/mol. The number of morpholine rings is 1. The molecule has 1 heterocycles. The van der Waals surface area contributed by atoms with E-state index in [1.165, 1.54) is 16.4 Å². The van der Waals surface area contributed by atoms with Gasteiger partial charge < -0.3 is 10.1 Å². The van der Waals surface area contributed by atoms with E-state index >= 15 is 0 Å². The van der Waals surface area contributed by atoms with Crippen molar-refractivity contribution in [3.05, 3.63) is 29.8 Å². The highest BCUT2D eigenvalue weighted by Crippen LogP contribution is 2.21. The predicted molar refractivity (Wildman–Crippen MR) is 111 cm³/mol. The molecule has 158 valence electrons. The minimum absolute atomic E-state index is 0.0889. The topological polar surface area (TPSA) is 75.7 Å². The molecule has 0 radical (unpaired) electrons. The molecule has 1 saturated heterocycles. The highest BCUT2D eigenvalue weighted by atomic mass is 32.2. The zero-order valence-corrected chi connectivity index (χ0v) is 18.5. The lowest BCUT2D eigenvalue weighted by atomic mass is 10.0. The van der Waals surface area contributed by atoms with Gasteiger partial charge in [-0.15, -0.1) is 0 Å². The fourth-order valence-electron chi connectivity index (χ4n) is 3.47. The molecule has 0 bridgehead atoms. The van der Waals surface area contributed by atoms with Crippen molar-refractivity contribution in [1.29, 1.82) is 0 Å². The average Bonchev–Trinajstić information content (AvgIpc) is 2.60. The van der Waals surface area contributed by atoms with E-state index in [1.54, 1.807) is 12.1 Å². The summed E-state index contributed by atoms with van der Waals surface area (Å²) >= 11 is 0. The summed E-state index contributed by atoms with van der Waals surface area (Å²) < 4.78 is 32.8. The van der Waals surface area contributed by atoms with Crippen molar-refractivity contribution in [3.63, 3.8) is 0 Å². The molecule has 0 saturated carbocycles. The maximum Gasteiger partial charge on any atom is 0.251 e. The number of hydrogen-bond acceptors (Lipinski definition) is 4. The van der Waals surface area contributed by atoms with Gasteiger partial charge in [-0.05, 0) is 57.4 Å². The van der Waals surface area contributed by atoms with Gasteiger partial charge in [0, 0.05) is 24.7 Å². The van der Waals surface area contributed by atoms with Crippen LogP contribution in [0.3, 0.4) is 0 Å². The van der Waals surface area contributed by atoms with Gasteiger partial charge in [-0.25, -0.2) is 8.42 Å². The van der Waals surface area contributed by atoms with Gasteiger partial charge >= 0.3 is 0 Å². The molecule has 0 aromatic heterocycles. The van der Waals surface area contributed by atoms with Crippen LogP contribution in [0, 0.1) is 5.92 Å². The van der Waals surface area contributed by atoms with Gasteiger partial charge in [-0.1, -0.05) is 26.7 Å². The maximum atomic E-state index is 12.9. The van der Waals surface area contributed by atoms with Crippen molar-refractivity contribution in [1.82, 2.24) is 9.62 Å². The molecule has 28 heavy (non-hydrogen) atoms. The first-order valence-electron chi connectivity index (χ1n) is 10.2. The SMILES string of the molecule is CC(C)CCC[C@H](C)NC(=O)c1ccc(S(=O)(=O)N2C[C@@H](C)O[C@@H](C)C2)cc1. The molecule has 0 aliphatic carbocycles. The number of nitrogens with zero attached hydrogens (tertiary/aromatic N) is 1. The number of nitrogens with one attached hydrogen (secondary N) is 1. The summed E-state index contributed by atoms with van der Waals surface area (Å²) in [6.45, 7) is 10.8. The number of benzene rings is 1. The van der Waals surface area contributed by atoms with Gasteiger partial charge in [0.05, 0.1) is 17.1 Å². The van der Waals surface area contributed by atoms with Gasteiger partial charge in [0.2, 0.25) is 10.0 Å². The maximum absolute atomic E-state index is 12.9. The first-order chi connectivity index (χ1) is 13.1. The molecule has 1 aliphatic heterocycles. The summed E-state index contributed by atoms with van der Waals surface area (Å²) in [6.07, 6.45) is 2.88. The van der Waals surface area contributed by atoms with Gasteiger partial charge in [0.1, 0.15) is 0 Å². The Kier molecular flexibility index (Phi) is 8.04. The van der Waals surface area contributed by atoms with Crippen LogP contribution in [0.25, 0.3) is 0 Å². The molecule has 0 unspecified atom stereocenters. The third kappa shape index (κ3) is 6.29. The van der Waals surface area contributed by atoms with Crippen molar-refractivity contribution in [2.24, 2.45) is 5.92 Å². The van der Waals surface area contributed by atoms with E-state index in [4.69, 9.17) is 4.74 Å². The Hall–Kier alpha value is -1.44. The molecular weight excluding hydrogens is 376 g/mol. The number of hydrogen-bond donors (Lipinski definition) is 1. The second-order valence-corrected chi connectivity index (χ2v) is 10.2. The van der Waals surface area contributed by atoms with Gasteiger partial charge in [0.15, 0.2) is 0 Å². The van der Waals surface area contributed by atoms with E-state index in [1.807, 2.05) is 20.8 Å². The Morgan fingerprint density at radius 2 is 1.68 bits per heavy atom. The second-order valence-electron chi connectivity index (χ2n) is 8.30. The number of carbonyl (C=O) groups is 1. The quantitative estimate of drug-likeness (QED) is 0.712. The van der Waals surface area contributed by atoms with Gasteiger partial charge in [0.25, 0.3) is 5.91 Å². The van der Waals surface area contributed by atoms with Crippen molar-refractivity contribution in [2.75, 3.05) is 13.1 Å². The Bertz CT molecular complexity index is 736. The number of rotatable bonds is 8. The molecule has 1 amide bonds. The van der Waals surface area contributed by atoms with Crippen LogP contribution in [-0.2, 0) is 14.8 Å². The van der Waals surface area contributed by atoms with Crippen LogP contribution in [0.1, 0.15) is 64.2 Å². The lowest BCUT2D eigenvalue weighted by Gasteiger charge is -2.34. The van der Waals surface area contributed by atoms with Crippen LogP contribution in [0.15, 0.2) is 29.2 Å². The molecule has 3 atom stereocenters. The van der Waals surface area contributed by atoms with Gasteiger partial charge in [-0.2, -0.15) is 4.31 Å². The molecule has 1 fully saturated rings. The summed E-state index contributed by atoms with van der Waals surface area (Å²) in [5.74, 6) is 0.490. The highest BCUT2D eigenvalue weighted by molar-refractivity contribution is 7.89. The third-order valence-electron chi connectivity index (χ3n) is 4.94. The largest absolute Gasteiger partial charge is 0.373 e. The standard InChI is InChI=1S/C21H34N2O4S/c1-15(2)7-6-8-16(3)22-21(24)19-9-11-20(12-10-19)28(25,26)23-13-17(4)27-18(5)14-23/h9-12,15-18H,6-8,13-14H2,1-5H3,(H,22,24)/t16-,17-,18+/m0/s1. The highest BCUT2D eigenvalue weighted by Gasteiger charge is 2.32. The zero-order valence-electron chi connectivity index (χ0n) is 17.6. The van der Waals surface area contributed by atoms with Crippen molar-refractivity contribution in [2.45, 2.75) is 77.0 Å². The van der Waals surface area contributed by atoms with Crippen molar-refractivity contribution < 1.29 is 17.9 Å². The third-order valence-corrected chi connectivity index (χ3v) is 6.78. The van der Waals surface area contributed by atoms with Crippen molar-refractivity contribution >= 4 is 15.9 Å². The minimum atomic E-state index is -3.59. The van der Waals surface area contributed by atoms with Crippen LogP contribution in [0.5, 0.6) is 0 Å². The molecular formula is C21H34N2O4S. The van der Waals surface area contributed by atoms with Crippen LogP contribution in [0.4, 0.5) is 0 Å². The fourth-order valence-corrected chi connectivity index (χ4v) is 5.06. The average molecular weight is 411 g/mol. The van der Waals surface area contributed by atoms with E-state index in [9.17, 15) is 13.2 Å². The van der Waals surface area contributed by atoms with E-state index in [2.05, 4.69) is 19.2 Å². The molecule has 1 N–H and O–H groups in total. The minimum Gasteiger partial charge on any atom is -0.373 e. The van der Waals surface area contributed by atoms with E-state index < -0.39 is 10.0 Å². The molecule has 7 heteroatoms. The number of ether oxygens (including phenoxy) is 1. The lowest BCUT2D eigenvalue weighted by molar-refractivity contribution is -0.0440. The normalized spacial score (nSPS) is 22.2. The van der Waals surface area contributed by atoms with Crippen LogP contribution in [0.2, 0.25) is 0 Å². The predicted octanol–water partition coefficient (Wildman–Crippen LogP) is 3.43. The Labute approximate surface area is 169 Å². The van der Waals surface area contributed by atoms with Crippen LogP contribution < -0.4 is 5.32 Å². The van der Waals surface area contributed by atoms with E-state index in [0.29, 0.717) is 24.6 Å². The first-order valence-corrected chi connectivity index (χ1v) is 11.6. The zero-order chi connectivity index (χ0) is 20.9. The summed E-state index contributed by atoms with van der Waals surface area (Å²) in [7, 11) is -3.59. The summed E-state index contributed by atoms with van der Waals surface area (Å²) in [5, 5.41) is 2.99. The van der Waals surface area contributed by atoms with Crippen molar-refractivity contribution in [3.8, 4) is 0 Å². The van der Waals surface area contributed by atoms with Crippen LogP contribution >= 0.6 is 0 Å². The molecule has 2 rings (SSSR count). The Morgan fingerprint density at radius 3 is 2.21 bits per heavy atom. The molecule has 6 nitrogen and oxygen atoms in total. The summed E-state index contributed by atoms with van der Waals surface area (Å²) in [4.78, 5) is 12.6. The lowest BCUT2D eigenvalue weighted by Crippen LogP contribution is -2.48. The molecule has 0 spiro atoms. The Morgan fingerprint density at radius 1 is 1.11 bits per heavy atom.